The molecule has 0 amide bonds. The molecule has 2 fully saturated rings. The van der Waals surface area contributed by atoms with E-state index in [-0.39, 0.29) is 24.5 Å². The minimum atomic E-state index is -1.05. The Morgan fingerprint density at radius 3 is 2.46 bits per heavy atom. The molecule has 5 atom stereocenters. The Bertz CT molecular complexity index is 844. The van der Waals surface area contributed by atoms with Gasteiger partial charge in [-0.05, 0) is 95.0 Å². The Balaban J connectivity index is 2.27. The molecule has 2 rings (SSSR count). The van der Waals surface area contributed by atoms with E-state index in [4.69, 9.17) is 0 Å². The molecule has 0 radical (unpaired) electrons. The summed E-state index contributed by atoms with van der Waals surface area (Å²) in [6.45, 7) is 17.0. The van der Waals surface area contributed by atoms with Crippen molar-refractivity contribution >= 4 is 6.29 Å². The van der Waals surface area contributed by atoms with Crippen LogP contribution in [-0.2, 0) is 4.79 Å². The van der Waals surface area contributed by atoms with Gasteiger partial charge in [-0.2, -0.15) is 0 Å². The standard InChI is InChI=1S/C31H50O4/c1-22(12-15-27-23(2)13-14-25(4)29(27,5)6)10-8-17-31(21-34)28(11-9-19-32)26(24(3)20-33)16-18-30(31,7)35/h10,12,15,20,25,27-28,32,34-35H,2,8-9,11,13-14,16-19,21H2,1,3-7H3. The van der Waals surface area contributed by atoms with E-state index in [0.29, 0.717) is 49.5 Å². The van der Waals surface area contributed by atoms with E-state index in [1.54, 1.807) is 0 Å². The third-order valence-electron chi connectivity index (χ3n) is 9.68. The minimum absolute atomic E-state index is 0.0544. The zero-order valence-corrected chi connectivity index (χ0v) is 23.1. The normalized spacial score (nSPS) is 35.4. The topological polar surface area (TPSA) is 77.8 Å². The molecule has 2 saturated carbocycles. The Morgan fingerprint density at radius 2 is 1.86 bits per heavy atom. The first-order valence-corrected chi connectivity index (χ1v) is 13.5. The largest absolute Gasteiger partial charge is 0.396 e. The summed E-state index contributed by atoms with van der Waals surface area (Å²) in [7, 11) is 0. The summed E-state index contributed by atoms with van der Waals surface area (Å²) in [4.78, 5) is 11.6. The fourth-order valence-electron chi connectivity index (χ4n) is 6.63. The predicted octanol–water partition coefficient (Wildman–Crippen LogP) is 6.33. The zero-order chi connectivity index (χ0) is 26.4. The van der Waals surface area contributed by atoms with Crippen molar-refractivity contribution in [3.8, 4) is 0 Å². The van der Waals surface area contributed by atoms with E-state index >= 15 is 0 Å². The average molecular weight is 487 g/mol. The quantitative estimate of drug-likeness (QED) is 0.146. The Kier molecular flexibility index (Phi) is 10.3. The highest BCUT2D eigenvalue weighted by Gasteiger charge is 2.55. The fourth-order valence-corrected chi connectivity index (χ4v) is 6.63. The Hall–Kier alpha value is -1.49. The van der Waals surface area contributed by atoms with Crippen LogP contribution in [-0.4, -0.2) is 40.4 Å². The van der Waals surface area contributed by atoms with Crippen LogP contribution in [0.3, 0.4) is 0 Å². The number of carbonyl (C=O) groups is 1. The van der Waals surface area contributed by atoms with Crippen molar-refractivity contribution in [3.63, 3.8) is 0 Å². The summed E-state index contributed by atoms with van der Waals surface area (Å²) in [5, 5.41) is 31.7. The van der Waals surface area contributed by atoms with Gasteiger partial charge in [0, 0.05) is 17.9 Å². The first kappa shape index (κ1) is 29.7. The van der Waals surface area contributed by atoms with Crippen LogP contribution in [0.5, 0.6) is 0 Å². The van der Waals surface area contributed by atoms with Gasteiger partial charge in [0.1, 0.15) is 6.29 Å². The number of rotatable bonds is 10. The molecule has 0 aliphatic heterocycles. The second-order valence-electron chi connectivity index (χ2n) is 12.1. The molecule has 0 aromatic heterocycles. The molecule has 2 aliphatic carbocycles. The van der Waals surface area contributed by atoms with Crippen LogP contribution >= 0.6 is 0 Å². The van der Waals surface area contributed by atoms with Gasteiger partial charge in [-0.15, -0.1) is 0 Å². The first-order chi connectivity index (χ1) is 16.4. The van der Waals surface area contributed by atoms with Gasteiger partial charge < -0.3 is 15.3 Å². The molecule has 0 aromatic rings. The predicted molar refractivity (Wildman–Crippen MR) is 145 cm³/mol. The van der Waals surface area contributed by atoms with Crippen LogP contribution < -0.4 is 0 Å². The van der Waals surface area contributed by atoms with Crippen molar-refractivity contribution in [3.05, 3.63) is 47.1 Å². The van der Waals surface area contributed by atoms with Crippen molar-refractivity contribution in [2.24, 2.45) is 28.6 Å². The highest BCUT2D eigenvalue weighted by atomic mass is 16.3. The van der Waals surface area contributed by atoms with E-state index in [1.165, 1.54) is 17.6 Å². The van der Waals surface area contributed by atoms with Gasteiger partial charge in [-0.25, -0.2) is 0 Å². The smallest absolute Gasteiger partial charge is 0.145 e. The van der Waals surface area contributed by atoms with Gasteiger partial charge in [-0.1, -0.05) is 62.3 Å². The molecule has 2 aliphatic rings. The first-order valence-electron chi connectivity index (χ1n) is 13.5. The van der Waals surface area contributed by atoms with Crippen LogP contribution in [0.2, 0.25) is 0 Å². The molecule has 5 unspecified atom stereocenters. The molecule has 0 bridgehead atoms. The minimum Gasteiger partial charge on any atom is -0.396 e. The van der Waals surface area contributed by atoms with Crippen LogP contribution in [0, 0.1) is 28.6 Å². The van der Waals surface area contributed by atoms with Crippen molar-refractivity contribution in [1.29, 1.82) is 0 Å². The molecular formula is C31H50O4. The van der Waals surface area contributed by atoms with Gasteiger partial charge in [0.05, 0.1) is 12.2 Å². The molecule has 0 saturated heterocycles. The maximum Gasteiger partial charge on any atom is 0.145 e. The van der Waals surface area contributed by atoms with E-state index in [9.17, 15) is 20.1 Å². The number of aldehydes is 1. The summed E-state index contributed by atoms with van der Waals surface area (Å²) in [6, 6.07) is 0. The zero-order valence-electron chi connectivity index (χ0n) is 23.1. The van der Waals surface area contributed by atoms with E-state index in [0.717, 1.165) is 24.7 Å². The lowest BCUT2D eigenvalue weighted by Crippen LogP contribution is -2.56. The Morgan fingerprint density at radius 1 is 1.17 bits per heavy atom. The number of aliphatic hydroxyl groups excluding tert-OH is 2. The molecule has 0 heterocycles. The molecule has 3 N–H and O–H groups in total. The highest BCUT2D eigenvalue weighted by molar-refractivity contribution is 5.74. The third kappa shape index (κ3) is 6.26. The number of allylic oxidation sites excluding steroid dienone is 7. The summed E-state index contributed by atoms with van der Waals surface area (Å²) >= 11 is 0. The van der Waals surface area contributed by atoms with Crippen LogP contribution in [0.4, 0.5) is 0 Å². The second kappa shape index (κ2) is 12.2. The summed E-state index contributed by atoms with van der Waals surface area (Å²) in [5.41, 5.74) is 2.59. The van der Waals surface area contributed by atoms with Crippen LogP contribution in [0.1, 0.15) is 92.9 Å². The van der Waals surface area contributed by atoms with Gasteiger partial charge in [0.15, 0.2) is 0 Å². The van der Waals surface area contributed by atoms with Crippen LogP contribution in [0.15, 0.2) is 47.1 Å². The van der Waals surface area contributed by atoms with Gasteiger partial charge in [0.25, 0.3) is 0 Å². The van der Waals surface area contributed by atoms with Crippen molar-refractivity contribution in [2.45, 2.75) is 98.5 Å². The van der Waals surface area contributed by atoms with Crippen molar-refractivity contribution in [2.75, 3.05) is 13.2 Å². The number of hydrogen-bond donors (Lipinski definition) is 3. The number of hydrogen-bond acceptors (Lipinski definition) is 4. The average Bonchev–Trinajstić information content (AvgIpc) is 2.80. The molecule has 0 spiro atoms. The van der Waals surface area contributed by atoms with Crippen molar-refractivity contribution < 1.29 is 20.1 Å². The molecule has 198 valence electrons. The van der Waals surface area contributed by atoms with Crippen LogP contribution in [0.25, 0.3) is 0 Å². The maximum absolute atomic E-state index is 11.6. The second-order valence-corrected chi connectivity index (χ2v) is 12.1. The lowest BCUT2D eigenvalue weighted by Gasteiger charge is -2.54. The summed E-state index contributed by atoms with van der Waals surface area (Å²) < 4.78 is 0. The summed E-state index contributed by atoms with van der Waals surface area (Å²) in [6.07, 6.45) is 13.6. The SMILES string of the molecule is C=C1CCC(C)C(C)(C)C1C=CC(C)=CCCC1(CO)C(CCCO)C(=C(C)C=O)CCC1(C)O. The third-order valence-corrected chi connectivity index (χ3v) is 9.68. The van der Waals surface area contributed by atoms with E-state index in [2.05, 4.69) is 52.5 Å². The fraction of sp³-hybridized carbons (Fsp3) is 0.710. The molecule has 35 heavy (non-hydrogen) atoms. The van der Waals surface area contributed by atoms with Gasteiger partial charge in [-0.3, -0.25) is 4.79 Å². The van der Waals surface area contributed by atoms with Gasteiger partial charge >= 0.3 is 0 Å². The van der Waals surface area contributed by atoms with Crippen molar-refractivity contribution in [1.82, 2.24) is 0 Å². The lowest BCUT2D eigenvalue weighted by molar-refractivity contribution is -0.146. The van der Waals surface area contributed by atoms with Gasteiger partial charge in [0.2, 0.25) is 0 Å². The Labute approximate surface area is 213 Å². The highest BCUT2D eigenvalue weighted by Crippen LogP contribution is 2.55. The number of carbonyl (C=O) groups excluding carboxylic acids is 1. The summed E-state index contributed by atoms with van der Waals surface area (Å²) in [5.74, 6) is 0.878. The lowest BCUT2D eigenvalue weighted by atomic mass is 9.53. The maximum atomic E-state index is 11.6. The molecular weight excluding hydrogens is 436 g/mol. The monoisotopic (exact) mass is 486 g/mol. The molecule has 0 aromatic carbocycles. The van der Waals surface area contributed by atoms with E-state index in [1.807, 2.05) is 13.8 Å². The number of aliphatic hydroxyl groups is 3. The molecule has 4 heteroatoms. The van der Waals surface area contributed by atoms with E-state index < -0.39 is 11.0 Å². The molecule has 4 nitrogen and oxygen atoms in total.